The van der Waals surface area contributed by atoms with Crippen LogP contribution in [0.4, 0.5) is 0 Å². The van der Waals surface area contributed by atoms with Gasteiger partial charge in [0, 0.05) is 17.5 Å². The number of sulfone groups is 1. The molecule has 1 amide bonds. The van der Waals surface area contributed by atoms with E-state index in [-0.39, 0.29) is 46.8 Å². The van der Waals surface area contributed by atoms with Crippen molar-refractivity contribution in [3.63, 3.8) is 0 Å². The Morgan fingerprint density at radius 2 is 1.81 bits per heavy atom. The largest absolute Gasteiger partial charge is 0.330 e. The van der Waals surface area contributed by atoms with Crippen molar-refractivity contribution in [1.82, 2.24) is 14.7 Å². The topological polar surface area (TPSA) is 89.3 Å². The number of amides is 1. The van der Waals surface area contributed by atoms with Crippen LogP contribution in [-0.4, -0.2) is 52.6 Å². The molecule has 1 atom stereocenters. The molecule has 0 radical (unpaired) electrons. The van der Waals surface area contributed by atoms with Gasteiger partial charge in [0.25, 0.3) is 11.5 Å². The molecule has 0 N–H and O–H groups in total. The van der Waals surface area contributed by atoms with Crippen molar-refractivity contribution in [3.8, 4) is 0 Å². The Balaban J connectivity index is 1.84. The van der Waals surface area contributed by atoms with E-state index in [0.717, 1.165) is 12.8 Å². The lowest BCUT2D eigenvalue weighted by molar-refractivity contribution is 0.0674. The molecular weight excluding hydrogens is 366 g/mol. The summed E-state index contributed by atoms with van der Waals surface area (Å²) in [7, 11) is -3.10. The number of nitrogens with zero attached hydrogens (tertiary/aromatic N) is 3. The predicted molar refractivity (Wildman–Crippen MR) is 103 cm³/mol. The zero-order valence-electron chi connectivity index (χ0n) is 15.5. The number of hydrogen-bond acceptors (Lipinski definition) is 5. The summed E-state index contributed by atoms with van der Waals surface area (Å²) in [4.78, 5) is 27.9. The molecule has 1 aromatic carbocycles. The normalized spacial score (nSPS) is 21.7. The summed E-state index contributed by atoms with van der Waals surface area (Å²) in [6.07, 6.45) is 2.22. The van der Waals surface area contributed by atoms with Crippen LogP contribution in [0.2, 0.25) is 0 Å². The second-order valence-corrected chi connectivity index (χ2v) is 9.97. The van der Waals surface area contributed by atoms with Gasteiger partial charge in [-0.15, -0.1) is 0 Å². The monoisotopic (exact) mass is 389 g/mol. The first-order valence-corrected chi connectivity index (χ1v) is 11.2. The maximum absolute atomic E-state index is 13.5. The Morgan fingerprint density at radius 3 is 2.37 bits per heavy atom. The highest BCUT2D eigenvalue weighted by molar-refractivity contribution is 7.91. The molecule has 1 aliphatic heterocycles. The molecule has 1 saturated carbocycles. The van der Waals surface area contributed by atoms with Crippen LogP contribution in [-0.2, 0) is 9.84 Å². The molecule has 0 bridgehead atoms. The molecule has 1 unspecified atom stereocenters. The van der Waals surface area contributed by atoms with E-state index in [1.165, 1.54) is 4.68 Å². The standard InChI is InChI=1S/C19H23N3O4S/c1-12(2)22-18(23)16-6-4-3-5-15(16)17(20-22)19(24)21(13-7-8-13)14-9-10-27(25,26)11-14/h3-6,12-14H,7-11H2,1-2H3. The number of carbonyl (C=O) groups excluding carboxylic acids is 1. The quantitative estimate of drug-likeness (QED) is 0.795. The molecule has 7 nitrogen and oxygen atoms in total. The molecule has 4 rings (SSSR count). The lowest BCUT2D eigenvalue weighted by Crippen LogP contribution is -2.44. The van der Waals surface area contributed by atoms with E-state index in [4.69, 9.17) is 0 Å². The molecule has 1 aromatic heterocycles. The first kappa shape index (κ1) is 18.2. The summed E-state index contributed by atoms with van der Waals surface area (Å²) in [6.45, 7) is 3.69. The lowest BCUT2D eigenvalue weighted by atomic mass is 10.1. The van der Waals surface area contributed by atoms with Gasteiger partial charge in [0.1, 0.15) is 0 Å². The Hall–Kier alpha value is -2.22. The highest BCUT2D eigenvalue weighted by Crippen LogP contribution is 2.34. The zero-order valence-corrected chi connectivity index (χ0v) is 16.3. The molecule has 144 valence electrons. The van der Waals surface area contributed by atoms with Crippen molar-refractivity contribution in [2.75, 3.05) is 11.5 Å². The Labute approximate surface area is 157 Å². The summed E-state index contributed by atoms with van der Waals surface area (Å²) in [6, 6.07) is 6.56. The van der Waals surface area contributed by atoms with Crippen LogP contribution in [0.25, 0.3) is 10.8 Å². The summed E-state index contributed by atoms with van der Waals surface area (Å²) in [5.74, 6) is -0.143. The van der Waals surface area contributed by atoms with Crippen LogP contribution in [0.1, 0.15) is 49.6 Å². The van der Waals surface area contributed by atoms with Crippen LogP contribution in [0.3, 0.4) is 0 Å². The minimum Gasteiger partial charge on any atom is -0.330 e. The van der Waals surface area contributed by atoms with Gasteiger partial charge >= 0.3 is 0 Å². The number of fused-ring (bicyclic) bond motifs is 1. The van der Waals surface area contributed by atoms with E-state index in [1.54, 1.807) is 29.2 Å². The maximum atomic E-state index is 13.5. The highest BCUT2D eigenvalue weighted by atomic mass is 32.2. The van der Waals surface area contributed by atoms with Gasteiger partial charge in [0.05, 0.1) is 22.9 Å². The number of hydrogen-bond donors (Lipinski definition) is 0. The predicted octanol–water partition coefficient (Wildman–Crippen LogP) is 1.77. The van der Waals surface area contributed by atoms with E-state index < -0.39 is 9.84 Å². The van der Waals surface area contributed by atoms with Crippen molar-refractivity contribution < 1.29 is 13.2 Å². The fourth-order valence-electron chi connectivity index (χ4n) is 3.81. The van der Waals surface area contributed by atoms with Crippen LogP contribution in [0.5, 0.6) is 0 Å². The number of rotatable bonds is 4. The lowest BCUT2D eigenvalue weighted by Gasteiger charge is -2.28. The second-order valence-electron chi connectivity index (χ2n) is 7.74. The molecule has 2 fully saturated rings. The average molecular weight is 389 g/mol. The van der Waals surface area contributed by atoms with Gasteiger partial charge in [-0.2, -0.15) is 5.10 Å². The molecule has 1 saturated heterocycles. The third kappa shape index (κ3) is 3.26. The molecular formula is C19H23N3O4S. The first-order valence-electron chi connectivity index (χ1n) is 9.33. The Bertz CT molecular complexity index is 1070. The fraction of sp³-hybridized carbons (Fsp3) is 0.526. The molecule has 0 spiro atoms. The third-order valence-corrected chi connectivity index (χ3v) is 7.05. The van der Waals surface area contributed by atoms with Crippen LogP contribution < -0.4 is 5.56 Å². The van der Waals surface area contributed by atoms with E-state index in [9.17, 15) is 18.0 Å². The molecule has 8 heteroatoms. The van der Waals surface area contributed by atoms with Crippen molar-refractivity contribution >= 4 is 26.5 Å². The van der Waals surface area contributed by atoms with Gasteiger partial charge in [0.2, 0.25) is 0 Å². The van der Waals surface area contributed by atoms with E-state index in [2.05, 4.69) is 5.10 Å². The van der Waals surface area contributed by atoms with Gasteiger partial charge in [-0.3, -0.25) is 9.59 Å². The van der Waals surface area contributed by atoms with Crippen molar-refractivity contribution in [3.05, 3.63) is 40.3 Å². The molecule has 2 aromatic rings. The highest BCUT2D eigenvalue weighted by Gasteiger charge is 2.43. The summed E-state index contributed by atoms with van der Waals surface area (Å²) >= 11 is 0. The van der Waals surface area contributed by atoms with Crippen molar-refractivity contribution in [2.24, 2.45) is 0 Å². The van der Waals surface area contributed by atoms with E-state index >= 15 is 0 Å². The molecule has 2 heterocycles. The maximum Gasteiger partial charge on any atom is 0.275 e. The average Bonchev–Trinajstić information content (AvgIpc) is 3.38. The van der Waals surface area contributed by atoms with Gasteiger partial charge in [0.15, 0.2) is 15.5 Å². The zero-order chi connectivity index (χ0) is 19.3. The third-order valence-electron chi connectivity index (χ3n) is 5.30. The second kappa shape index (κ2) is 6.44. The van der Waals surface area contributed by atoms with Gasteiger partial charge in [-0.05, 0) is 39.2 Å². The first-order chi connectivity index (χ1) is 12.8. The summed E-state index contributed by atoms with van der Waals surface area (Å²) < 4.78 is 25.2. The van der Waals surface area contributed by atoms with Crippen molar-refractivity contribution in [2.45, 2.75) is 51.2 Å². The van der Waals surface area contributed by atoms with Gasteiger partial charge in [-0.25, -0.2) is 13.1 Å². The van der Waals surface area contributed by atoms with Gasteiger partial charge in [-0.1, -0.05) is 18.2 Å². The van der Waals surface area contributed by atoms with E-state index in [1.807, 2.05) is 13.8 Å². The summed E-state index contributed by atoms with van der Waals surface area (Å²) in [5.41, 5.74) is 0.00802. The molecule has 1 aliphatic carbocycles. The molecule has 27 heavy (non-hydrogen) atoms. The smallest absolute Gasteiger partial charge is 0.275 e. The van der Waals surface area contributed by atoms with Crippen LogP contribution >= 0.6 is 0 Å². The Kier molecular flexibility index (Phi) is 4.33. The number of benzene rings is 1. The van der Waals surface area contributed by atoms with Crippen LogP contribution in [0, 0.1) is 0 Å². The fourth-order valence-corrected chi connectivity index (χ4v) is 5.53. The minimum absolute atomic E-state index is 0.0109. The van der Waals surface area contributed by atoms with Gasteiger partial charge < -0.3 is 4.90 Å². The van der Waals surface area contributed by atoms with E-state index in [0.29, 0.717) is 17.2 Å². The Morgan fingerprint density at radius 1 is 1.15 bits per heavy atom. The summed E-state index contributed by atoms with van der Waals surface area (Å²) in [5, 5.41) is 5.38. The van der Waals surface area contributed by atoms with Crippen LogP contribution in [0.15, 0.2) is 29.1 Å². The minimum atomic E-state index is -3.10. The van der Waals surface area contributed by atoms with Crippen molar-refractivity contribution in [1.29, 1.82) is 0 Å². The number of carbonyl (C=O) groups is 1. The number of aromatic nitrogens is 2. The SMILES string of the molecule is CC(C)n1nc(C(=O)N(C2CC2)C2CCS(=O)(=O)C2)c2ccccc2c1=O. The molecule has 2 aliphatic rings.